The molecule has 2 aromatic rings. The van der Waals surface area contributed by atoms with Gasteiger partial charge in [0.1, 0.15) is 16.5 Å². The minimum absolute atomic E-state index is 0.288. The number of furan rings is 1. The molecule has 1 aliphatic carbocycles. The summed E-state index contributed by atoms with van der Waals surface area (Å²) in [6.07, 6.45) is 9.40. The van der Waals surface area contributed by atoms with Gasteiger partial charge < -0.3 is 14.5 Å². The molecular weight excluding hydrogens is 362 g/mol. The first-order valence-corrected chi connectivity index (χ1v) is 10.3. The lowest BCUT2D eigenvalue weighted by atomic mass is 9.96. The highest BCUT2D eigenvalue weighted by Gasteiger charge is 2.25. The molecule has 0 unspecified atom stereocenters. The van der Waals surface area contributed by atoms with Crippen LogP contribution in [0.25, 0.3) is 6.08 Å². The van der Waals surface area contributed by atoms with Crippen LogP contribution >= 0.6 is 11.3 Å². The van der Waals surface area contributed by atoms with E-state index in [1.165, 1.54) is 35.1 Å². The lowest BCUT2D eigenvalue weighted by Gasteiger charge is -2.11. The van der Waals surface area contributed by atoms with Crippen molar-refractivity contribution in [1.29, 1.82) is 0 Å². The lowest BCUT2D eigenvalue weighted by Crippen LogP contribution is -2.13. The second-order valence-electron chi connectivity index (χ2n) is 6.61. The minimum atomic E-state index is -0.350. The summed E-state index contributed by atoms with van der Waals surface area (Å²) in [7, 11) is 0. The van der Waals surface area contributed by atoms with Crippen LogP contribution in [0.1, 0.15) is 64.9 Å². The number of esters is 1. The molecule has 144 valence electrons. The Kier molecular flexibility index (Phi) is 6.50. The second kappa shape index (κ2) is 9.04. The van der Waals surface area contributed by atoms with E-state index >= 15 is 0 Å². The third kappa shape index (κ3) is 4.89. The normalized spacial score (nSPS) is 14.4. The van der Waals surface area contributed by atoms with Gasteiger partial charge in [0.15, 0.2) is 0 Å². The van der Waals surface area contributed by atoms with E-state index in [2.05, 4.69) is 5.32 Å². The van der Waals surface area contributed by atoms with E-state index in [0.717, 1.165) is 37.0 Å². The molecule has 2 heterocycles. The summed E-state index contributed by atoms with van der Waals surface area (Å²) in [6.45, 7) is 3.96. The van der Waals surface area contributed by atoms with Crippen LogP contribution in [0.3, 0.4) is 0 Å². The first-order chi connectivity index (χ1) is 13.1. The smallest absolute Gasteiger partial charge is 0.341 e. The summed E-state index contributed by atoms with van der Waals surface area (Å²) in [5.41, 5.74) is 1.59. The molecule has 0 fully saturated rings. The van der Waals surface area contributed by atoms with Crippen molar-refractivity contribution in [2.75, 3.05) is 11.9 Å². The van der Waals surface area contributed by atoms with Crippen LogP contribution in [-0.4, -0.2) is 18.5 Å². The van der Waals surface area contributed by atoms with Crippen molar-refractivity contribution >= 4 is 34.3 Å². The Balaban J connectivity index is 1.84. The van der Waals surface area contributed by atoms with E-state index in [0.29, 0.717) is 22.9 Å². The molecule has 5 nitrogen and oxygen atoms in total. The van der Waals surface area contributed by atoms with Crippen LogP contribution in [-0.2, 0) is 22.4 Å². The van der Waals surface area contributed by atoms with E-state index < -0.39 is 0 Å². The summed E-state index contributed by atoms with van der Waals surface area (Å²) in [6, 6.07) is 3.65. The molecule has 6 heteroatoms. The number of ether oxygens (including phenoxy) is 1. The quantitative estimate of drug-likeness (QED) is 0.570. The first-order valence-electron chi connectivity index (χ1n) is 9.45. The van der Waals surface area contributed by atoms with Crippen molar-refractivity contribution in [1.82, 2.24) is 0 Å². The highest BCUT2D eigenvalue weighted by atomic mass is 32.1. The average Bonchev–Trinajstić information content (AvgIpc) is 3.17. The van der Waals surface area contributed by atoms with Crippen molar-refractivity contribution in [2.24, 2.45) is 0 Å². The molecule has 27 heavy (non-hydrogen) atoms. The molecule has 0 aromatic carbocycles. The van der Waals surface area contributed by atoms with Crippen molar-refractivity contribution in [3.8, 4) is 0 Å². The number of carbonyl (C=O) groups is 2. The number of anilines is 1. The van der Waals surface area contributed by atoms with Gasteiger partial charge >= 0.3 is 5.97 Å². The Morgan fingerprint density at radius 2 is 2.00 bits per heavy atom. The minimum Gasteiger partial charge on any atom is -0.462 e. The molecule has 0 saturated heterocycles. The summed E-state index contributed by atoms with van der Waals surface area (Å²) in [4.78, 5) is 26.1. The van der Waals surface area contributed by atoms with Gasteiger partial charge in [-0.3, -0.25) is 4.79 Å². The zero-order valence-electron chi connectivity index (χ0n) is 15.8. The van der Waals surface area contributed by atoms with Gasteiger partial charge in [-0.25, -0.2) is 4.79 Å². The van der Waals surface area contributed by atoms with Crippen molar-refractivity contribution in [2.45, 2.75) is 52.4 Å². The maximum absolute atomic E-state index is 12.6. The SMILES string of the molecule is CCOC(=O)c1c(NC(=O)/C=C/c2ccc(C)o2)sc2c1CCCCCC2. The van der Waals surface area contributed by atoms with E-state index in [1.807, 2.05) is 13.0 Å². The van der Waals surface area contributed by atoms with E-state index in [4.69, 9.17) is 9.15 Å². The molecule has 3 rings (SSSR count). The lowest BCUT2D eigenvalue weighted by molar-refractivity contribution is -0.111. The molecule has 0 atom stereocenters. The van der Waals surface area contributed by atoms with Gasteiger partial charge in [-0.1, -0.05) is 12.8 Å². The van der Waals surface area contributed by atoms with Gasteiger partial charge in [0, 0.05) is 11.0 Å². The maximum Gasteiger partial charge on any atom is 0.341 e. The Morgan fingerprint density at radius 3 is 2.70 bits per heavy atom. The van der Waals surface area contributed by atoms with Crippen molar-refractivity contribution in [3.63, 3.8) is 0 Å². The van der Waals surface area contributed by atoms with Crippen LogP contribution in [0.5, 0.6) is 0 Å². The predicted octanol–water partition coefficient (Wildman–Crippen LogP) is 5.14. The van der Waals surface area contributed by atoms with E-state index in [1.54, 1.807) is 19.1 Å². The van der Waals surface area contributed by atoms with Gasteiger partial charge in [0.2, 0.25) is 5.91 Å². The third-order valence-corrected chi connectivity index (χ3v) is 5.75. The highest BCUT2D eigenvalue weighted by Crippen LogP contribution is 2.37. The Morgan fingerprint density at radius 1 is 1.22 bits per heavy atom. The fourth-order valence-electron chi connectivity index (χ4n) is 3.28. The number of hydrogen-bond donors (Lipinski definition) is 1. The number of amides is 1. The molecule has 0 saturated carbocycles. The number of fused-ring (bicyclic) bond motifs is 1. The van der Waals surface area contributed by atoms with Crippen LogP contribution in [0.15, 0.2) is 22.6 Å². The second-order valence-corrected chi connectivity index (χ2v) is 7.72. The van der Waals surface area contributed by atoms with Gasteiger partial charge in [0.25, 0.3) is 0 Å². The molecule has 2 aromatic heterocycles. The maximum atomic E-state index is 12.6. The topological polar surface area (TPSA) is 68.5 Å². The molecule has 1 amide bonds. The van der Waals surface area contributed by atoms with Crippen LogP contribution < -0.4 is 5.32 Å². The van der Waals surface area contributed by atoms with Crippen LogP contribution in [0.2, 0.25) is 0 Å². The number of rotatable bonds is 5. The Bertz CT molecular complexity index is 846. The number of carbonyl (C=O) groups excluding carboxylic acids is 2. The van der Waals surface area contributed by atoms with Crippen LogP contribution in [0.4, 0.5) is 5.00 Å². The summed E-state index contributed by atoms with van der Waals surface area (Å²) in [5, 5.41) is 3.46. The van der Waals surface area contributed by atoms with Gasteiger partial charge in [-0.2, -0.15) is 0 Å². The predicted molar refractivity (Wildman–Crippen MR) is 107 cm³/mol. The van der Waals surface area contributed by atoms with Crippen molar-refractivity contribution in [3.05, 3.63) is 45.7 Å². The number of thiophene rings is 1. The average molecular weight is 388 g/mol. The zero-order valence-corrected chi connectivity index (χ0v) is 16.6. The standard InChI is InChI=1S/C21H25NO4S/c1-3-25-21(24)19-16-8-6-4-5-7-9-17(16)27-20(19)22-18(23)13-12-15-11-10-14(2)26-15/h10-13H,3-9H2,1-2H3,(H,22,23)/b13-12+. The third-order valence-electron chi connectivity index (χ3n) is 4.55. The number of aryl methyl sites for hydroxylation is 2. The van der Waals surface area contributed by atoms with Gasteiger partial charge in [0.05, 0.1) is 12.2 Å². The fraction of sp³-hybridized carbons (Fsp3) is 0.429. The molecule has 1 N–H and O–H groups in total. The van der Waals surface area contributed by atoms with Gasteiger partial charge in [-0.15, -0.1) is 11.3 Å². The van der Waals surface area contributed by atoms with E-state index in [-0.39, 0.29) is 11.9 Å². The molecule has 0 bridgehead atoms. The molecule has 0 radical (unpaired) electrons. The fourth-order valence-corrected chi connectivity index (χ4v) is 4.56. The number of hydrogen-bond acceptors (Lipinski definition) is 5. The summed E-state index contributed by atoms with van der Waals surface area (Å²) < 4.78 is 10.7. The van der Waals surface area contributed by atoms with Crippen molar-refractivity contribution < 1.29 is 18.7 Å². The Hall–Kier alpha value is -2.34. The van der Waals surface area contributed by atoms with Gasteiger partial charge in [-0.05, 0) is 63.3 Å². The zero-order chi connectivity index (χ0) is 19.2. The summed E-state index contributed by atoms with van der Waals surface area (Å²) >= 11 is 1.50. The number of nitrogens with one attached hydrogen (secondary N) is 1. The summed E-state index contributed by atoms with van der Waals surface area (Å²) in [5.74, 6) is 0.768. The molecule has 0 spiro atoms. The monoisotopic (exact) mass is 387 g/mol. The van der Waals surface area contributed by atoms with E-state index in [9.17, 15) is 9.59 Å². The Labute approximate surface area is 163 Å². The molecule has 1 aliphatic rings. The largest absolute Gasteiger partial charge is 0.462 e. The first kappa shape index (κ1) is 19.4. The van der Waals surface area contributed by atoms with Crippen LogP contribution in [0, 0.1) is 6.92 Å². The molecule has 0 aliphatic heterocycles. The highest BCUT2D eigenvalue weighted by molar-refractivity contribution is 7.17. The molecular formula is C21H25NO4S.